The molecular formula is C17H21N3O5S. The summed E-state index contributed by atoms with van der Waals surface area (Å²) in [5.41, 5.74) is 1.96. The Morgan fingerprint density at radius 2 is 1.96 bits per heavy atom. The van der Waals surface area contributed by atoms with Crippen LogP contribution in [0, 0.1) is 5.92 Å². The first kappa shape index (κ1) is 18.7. The Bertz CT molecular complexity index is 831. The third kappa shape index (κ3) is 5.46. The van der Waals surface area contributed by atoms with Gasteiger partial charge in [-0.05, 0) is 12.0 Å². The van der Waals surface area contributed by atoms with Gasteiger partial charge in [-0.15, -0.1) is 0 Å². The van der Waals surface area contributed by atoms with E-state index in [1.54, 1.807) is 6.07 Å². The highest BCUT2D eigenvalue weighted by atomic mass is 32.2. The fraction of sp³-hybridized carbons (Fsp3) is 0.412. The molecule has 0 aliphatic heterocycles. The van der Waals surface area contributed by atoms with Gasteiger partial charge in [0.1, 0.15) is 12.4 Å². The van der Waals surface area contributed by atoms with Gasteiger partial charge in [0.15, 0.2) is 0 Å². The van der Waals surface area contributed by atoms with E-state index in [-0.39, 0.29) is 18.6 Å². The van der Waals surface area contributed by atoms with Gasteiger partial charge < -0.3 is 9.84 Å². The molecule has 3 atom stereocenters. The summed E-state index contributed by atoms with van der Waals surface area (Å²) in [7, 11) is -4.02. The maximum absolute atomic E-state index is 10.9. The van der Waals surface area contributed by atoms with Crippen LogP contribution in [0.3, 0.4) is 0 Å². The molecule has 9 heteroatoms. The van der Waals surface area contributed by atoms with Crippen molar-refractivity contribution in [3.05, 3.63) is 54.0 Å². The number of aromatic nitrogens is 2. The zero-order chi connectivity index (χ0) is 18.6. The van der Waals surface area contributed by atoms with Crippen LogP contribution in [0.2, 0.25) is 0 Å². The van der Waals surface area contributed by atoms with E-state index in [4.69, 9.17) is 9.88 Å². The van der Waals surface area contributed by atoms with Crippen molar-refractivity contribution >= 4 is 10.3 Å². The number of aliphatic hydroxyl groups excluding tert-OH is 1. The van der Waals surface area contributed by atoms with Gasteiger partial charge in [-0.25, -0.2) is 15.1 Å². The number of aliphatic hydroxyl groups is 1. The molecule has 2 aromatic rings. The van der Waals surface area contributed by atoms with Gasteiger partial charge in [0.05, 0.1) is 18.4 Å². The number of ether oxygens (including phenoxy) is 1. The van der Waals surface area contributed by atoms with E-state index in [9.17, 15) is 13.5 Å². The molecule has 0 radical (unpaired) electrons. The Morgan fingerprint density at radius 1 is 1.19 bits per heavy atom. The molecule has 0 amide bonds. The molecule has 3 rings (SSSR count). The van der Waals surface area contributed by atoms with E-state index in [1.165, 1.54) is 6.33 Å². The first-order chi connectivity index (χ1) is 12.4. The molecule has 1 heterocycles. The third-order valence-electron chi connectivity index (χ3n) is 4.27. The second-order valence-electron chi connectivity index (χ2n) is 6.33. The minimum Gasteiger partial charge on any atom is -0.474 e. The van der Waals surface area contributed by atoms with Gasteiger partial charge in [-0.1, -0.05) is 30.3 Å². The maximum Gasteiger partial charge on any atom is 0.333 e. The van der Waals surface area contributed by atoms with E-state index in [0.717, 1.165) is 11.3 Å². The van der Waals surface area contributed by atoms with E-state index < -0.39 is 16.4 Å². The zero-order valence-corrected chi connectivity index (χ0v) is 14.9. The molecule has 0 spiro atoms. The fourth-order valence-corrected chi connectivity index (χ4v) is 3.39. The monoisotopic (exact) mass is 379 g/mol. The lowest BCUT2D eigenvalue weighted by Gasteiger charge is -2.13. The van der Waals surface area contributed by atoms with Crippen LogP contribution in [0.4, 0.5) is 0 Å². The summed E-state index contributed by atoms with van der Waals surface area (Å²) in [4.78, 5) is 8.37. The molecule has 8 nitrogen and oxygen atoms in total. The molecule has 1 fully saturated rings. The predicted octanol–water partition coefficient (Wildman–Crippen LogP) is 0.806. The van der Waals surface area contributed by atoms with Gasteiger partial charge in [0.25, 0.3) is 0 Å². The van der Waals surface area contributed by atoms with Crippen molar-refractivity contribution in [3.8, 4) is 5.88 Å². The highest BCUT2D eigenvalue weighted by molar-refractivity contribution is 7.84. The molecule has 1 aliphatic carbocycles. The summed E-state index contributed by atoms with van der Waals surface area (Å²) in [6.07, 6.45) is 1.94. The molecule has 0 unspecified atom stereocenters. The molecule has 0 saturated heterocycles. The second-order valence-corrected chi connectivity index (χ2v) is 7.55. The van der Waals surface area contributed by atoms with Crippen molar-refractivity contribution in [3.63, 3.8) is 0 Å². The Balaban J connectivity index is 1.58. The SMILES string of the molecule is NS(=O)(=O)OC[C@@H]1C[C@@H](Oc2cc(Cc3ccccc3)ncn2)C[C@@H]1O. The summed E-state index contributed by atoms with van der Waals surface area (Å²) in [5.74, 6) is 0.0695. The van der Waals surface area contributed by atoms with Crippen molar-refractivity contribution in [2.45, 2.75) is 31.5 Å². The molecule has 0 bridgehead atoms. The van der Waals surface area contributed by atoms with Crippen LogP contribution in [0.5, 0.6) is 5.88 Å². The van der Waals surface area contributed by atoms with Crippen LogP contribution in [-0.4, -0.2) is 42.3 Å². The number of hydrogen-bond donors (Lipinski definition) is 2. The summed E-state index contributed by atoms with van der Waals surface area (Å²) in [5, 5.41) is 14.9. The lowest BCUT2D eigenvalue weighted by atomic mass is 10.1. The van der Waals surface area contributed by atoms with Crippen molar-refractivity contribution in [2.75, 3.05) is 6.61 Å². The summed E-state index contributed by atoms with van der Waals surface area (Å²) in [6.45, 7) is -0.164. The fourth-order valence-electron chi connectivity index (χ4n) is 3.02. The topological polar surface area (TPSA) is 125 Å². The van der Waals surface area contributed by atoms with Gasteiger partial charge in [0, 0.05) is 24.8 Å². The van der Waals surface area contributed by atoms with E-state index >= 15 is 0 Å². The number of nitrogens with zero attached hydrogens (tertiary/aromatic N) is 2. The van der Waals surface area contributed by atoms with Gasteiger partial charge >= 0.3 is 10.3 Å². The van der Waals surface area contributed by atoms with Gasteiger partial charge in [0.2, 0.25) is 5.88 Å². The van der Waals surface area contributed by atoms with Crippen LogP contribution in [0.1, 0.15) is 24.1 Å². The molecule has 1 aromatic heterocycles. The number of benzene rings is 1. The van der Waals surface area contributed by atoms with Gasteiger partial charge in [-0.3, -0.25) is 4.18 Å². The normalized spacial score (nSPS) is 23.1. The Morgan fingerprint density at radius 3 is 2.69 bits per heavy atom. The van der Waals surface area contributed by atoms with E-state index in [1.807, 2.05) is 30.3 Å². The molecule has 26 heavy (non-hydrogen) atoms. The van der Waals surface area contributed by atoms with Crippen molar-refractivity contribution in [1.29, 1.82) is 0 Å². The van der Waals surface area contributed by atoms with Crippen LogP contribution >= 0.6 is 0 Å². The Kier molecular flexibility index (Phi) is 5.82. The predicted molar refractivity (Wildman–Crippen MR) is 93.5 cm³/mol. The second kappa shape index (κ2) is 8.09. The molecular weight excluding hydrogens is 358 g/mol. The number of hydrogen-bond acceptors (Lipinski definition) is 7. The smallest absolute Gasteiger partial charge is 0.333 e. The van der Waals surface area contributed by atoms with Crippen LogP contribution in [-0.2, 0) is 20.9 Å². The molecule has 3 N–H and O–H groups in total. The summed E-state index contributed by atoms with van der Waals surface area (Å²) < 4.78 is 32.2. The molecule has 140 valence electrons. The van der Waals surface area contributed by atoms with Crippen molar-refractivity contribution in [2.24, 2.45) is 11.1 Å². The average Bonchev–Trinajstić information content (AvgIpc) is 2.93. The quantitative estimate of drug-likeness (QED) is 0.729. The molecule has 1 aliphatic rings. The molecule has 1 saturated carbocycles. The summed E-state index contributed by atoms with van der Waals surface area (Å²) in [6, 6.07) is 11.7. The van der Waals surface area contributed by atoms with E-state index in [0.29, 0.717) is 25.1 Å². The van der Waals surface area contributed by atoms with Crippen molar-refractivity contribution < 1.29 is 22.4 Å². The van der Waals surface area contributed by atoms with E-state index in [2.05, 4.69) is 14.2 Å². The highest BCUT2D eigenvalue weighted by Gasteiger charge is 2.35. The lowest BCUT2D eigenvalue weighted by Crippen LogP contribution is -2.24. The Labute approximate surface area is 152 Å². The lowest BCUT2D eigenvalue weighted by molar-refractivity contribution is 0.0986. The summed E-state index contributed by atoms with van der Waals surface area (Å²) >= 11 is 0. The number of nitrogens with two attached hydrogens (primary N) is 1. The average molecular weight is 379 g/mol. The van der Waals surface area contributed by atoms with Gasteiger partial charge in [-0.2, -0.15) is 8.42 Å². The highest BCUT2D eigenvalue weighted by Crippen LogP contribution is 2.29. The van der Waals surface area contributed by atoms with Crippen molar-refractivity contribution in [1.82, 2.24) is 9.97 Å². The first-order valence-electron chi connectivity index (χ1n) is 8.26. The first-order valence-corrected chi connectivity index (χ1v) is 9.73. The standard InChI is InChI=1S/C17H21N3O5S/c18-26(22,23)24-10-13-7-15(9-16(13)21)25-17-8-14(19-11-20-17)6-12-4-2-1-3-5-12/h1-5,8,11,13,15-16,21H,6-7,9-10H2,(H2,18,22,23)/t13-,15+,16-/m0/s1. The van der Waals surface area contributed by atoms with Crippen LogP contribution in [0.15, 0.2) is 42.7 Å². The largest absolute Gasteiger partial charge is 0.474 e. The zero-order valence-electron chi connectivity index (χ0n) is 14.1. The molecule has 1 aromatic carbocycles. The minimum absolute atomic E-state index is 0.164. The number of rotatable bonds is 7. The maximum atomic E-state index is 10.9. The van der Waals surface area contributed by atoms with Crippen LogP contribution < -0.4 is 9.88 Å². The minimum atomic E-state index is -4.02. The van der Waals surface area contributed by atoms with Crippen LogP contribution in [0.25, 0.3) is 0 Å². The Hall–Kier alpha value is -2.07. The third-order valence-corrected chi connectivity index (χ3v) is 4.74.